The van der Waals surface area contributed by atoms with Gasteiger partial charge in [0.05, 0.1) is 7.11 Å². The van der Waals surface area contributed by atoms with Gasteiger partial charge >= 0.3 is 6.01 Å². The van der Waals surface area contributed by atoms with Crippen molar-refractivity contribution in [3.8, 4) is 6.01 Å². The van der Waals surface area contributed by atoms with Gasteiger partial charge in [0.1, 0.15) is 0 Å². The van der Waals surface area contributed by atoms with E-state index in [0.717, 1.165) is 6.42 Å². The van der Waals surface area contributed by atoms with Crippen LogP contribution in [0.2, 0.25) is 5.28 Å². The molecule has 1 heterocycles. The number of aromatic nitrogens is 3. The molecule has 6 heteroatoms. The number of rotatable bonds is 4. The predicted molar refractivity (Wildman–Crippen MR) is 59.4 cm³/mol. The molecule has 0 aliphatic carbocycles. The Labute approximate surface area is 94.2 Å². The van der Waals surface area contributed by atoms with E-state index < -0.39 is 0 Å². The van der Waals surface area contributed by atoms with Crippen LogP contribution in [-0.2, 0) is 0 Å². The molecule has 0 saturated carbocycles. The van der Waals surface area contributed by atoms with Crippen LogP contribution in [0.15, 0.2) is 0 Å². The molecule has 0 atom stereocenters. The fraction of sp³-hybridized carbons (Fsp3) is 0.667. The monoisotopic (exact) mass is 230 g/mol. The second-order valence-electron chi connectivity index (χ2n) is 3.78. The molecule has 1 aromatic heterocycles. The first-order valence-corrected chi connectivity index (χ1v) is 5.08. The highest BCUT2D eigenvalue weighted by atomic mass is 35.5. The van der Waals surface area contributed by atoms with Gasteiger partial charge in [-0.2, -0.15) is 15.0 Å². The van der Waals surface area contributed by atoms with Crippen molar-refractivity contribution in [1.29, 1.82) is 0 Å². The number of methoxy groups -OCH3 is 1. The maximum atomic E-state index is 5.72. The molecule has 1 N–H and O–H groups in total. The number of halogens is 1. The molecular formula is C9H15ClN4O. The molecular weight excluding hydrogens is 216 g/mol. The van der Waals surface area contributed by atoms with Crippen LogP contribution in [0.1, 0.15) is 27.2 Å². The molecule has 0 aliphatic heterocycles. The molecule has 0 bridgehead atoms. The molecule has 1 aromatic rings. The smallest absolute Gasteiger partial charge is 0.322 e. The van der Waals surface area contributed by atoms with E-state index in [1.807, 2.05) is 0 Å². The van der Waals surface area contributed by atoms with Crippen molar-refractivity contribution in [3.05, 3.63) is 5.28 Å². The number of nitrogens with one attached hydrogen (secondary N) is 1. The van der Waals surface area contributed by atoms with Crippen molar-refractivity contribution in [2.45, 2.75) is 32.7 Å². The molecule has 0 saturated heterocycles. The van der Waals surface area contributed by atoms with Gasteiger partial charge in [-0.25, -0.2) is 0 Å². The Morgan fingerprint density at radius 3 is 2.53 bits per heavy atom. The summed E-state index contributed by atoms with van der Waals surface area (Å²) in [4.78, 5) is 11.8. The molecule has 0 spiro atoms. The molecule has 5 nitrogen and oxygen atoms in total. The third kappa shape index (κ3) is 3.51. The maximum Gasteiger partial charge on any atom is 0.322 e. The van der Waals surface area contributed by atoms with E-state index >= 15 is 0 Å². The highest BCUT2D eigenvalue weighted by molar-refractivity contribution is 6.28. The zero-order chi connectivity index (χ0) is 11.5. The largest absolute Gasteiger partial charge is 0.467 e. The number of hydrogen-bond donors (Lipinski definition) is 1. The van der Waals surface area contributed by atoms with Gasteiger partial charge in [0.15, 0.2) is 0 Å². The normalized spacial score (nSPS) is 11.3. The molecule has 1 rings (SSSR count). The minimum Gasteiger partial charge on any atom is -0.467 e. The molecule has 0 fully saturated rings. The van der Waals surface area contributed by atoms with E-state index in [4.69, 9.17) is 16.3 Å². The van der Waals surface area contributed by atoms with Crippen LogP contribution >= 0.6 is 11.6 Å². The van der Waals surface area contributed by atoms with Gasteiger partial charge in [0, 0.05) is 5.54 Å². The number of ether oxygens (including phenoxy) is 1. The van der Waals surface area contributed by atoms with Crippen molar-refractivity contribution >= 4 is 17.5 Å². The van der Waals surface area contributed by atoms with Crippen LogP contribution in [0.4, 0.5) is 5.95 Å². The van der Waals surface area contributed by atoms with Crippen molar-refractivity contribution in [3.63, 3.8) is 0 Å². The van der Waals surface area contributed by atoms with Crippen molar-refractivity contribution < 1.29 is 4.74 Å². The van der Waals surface area contributed by atoms with E-state index in [2.05, 4.69) is 41.0 Å². The Morgan fingerprint density at radius 1 is 1.33 bits per heavy atom. The number of anilines is 1. The summed E-state index contributed by atoms with van der Waals surface area (Å²) >= 11 is 5.72. The predicted octanol–water partition coefficient (Wildman–Crippen LogP) is 2.13. The standard InChI is InChI=1S/C9H15ClN4O/c1-5-9(2,3)14-7-11-6(10)12-8(13-7)15-4/h5H2,1-4H3,(H,11,12,13,14). The van der Waals surface area contributed by atoms with E-state index in [9.17, 15) is 0 Å². The van der Waals surface area contributed by atoms with Gasteiger partial charge in [0.2, 0.25) is 11.2 Å². The summed E-state index contributed by atoms with van der Waals surface area (Å²) < 4.78 is 4.90. The summed E-state index contributed by atoms with van der Waals surface area (Å²) in [5.74, 6) is 0.429. The van der Waals surface area contributed by atoms with E-state index in [1.165, 1.54) is 7.11 Å². The molecule has 84 valence electrons. The highest BCUT2D eigenvalue weighted by Crippen LogP contribution is 2.17. The van der Waals surface area contributed by atoms with E-state index in [1.54, 1.807) is 0 Å². The molecule has 15 heavy (non-hydrogen) atoms. The van der Waals surface area contributed by atoms with Gasteiger partial charge < -0.3 is 10.1 Å². The minimum absolute atomic E-state index is 0.0876. The molecule has 0 amide bonds. The van der Waals surface area contributed by atoms with Crippen molar-refractivity contribution in [2.24, 2.45) is 0 Å². The lowest BCUT2D eigenvalue weighted by Crippen LogP contribution is -2.30. The fourth-order valence-corrected chi connectivity index (χ4v) is 1.02. The first-order chi connectivity index (χ1) is 6.96. The van der Waals surface area contributed by atoms with Crippen LogP contribution in [0.25, 0.3) is 0 Å². The van der Waals surface area contributed by atoms with Crippen LogP contribution in [0, 0.1) is 0 Å². The SMILES string of the molecule is CCC(C)(C)Nc1nc(Cl)nc(OC)n1. The van der Waals surface area contributed by atoms with Crippen molar-refractivity contribution in [2.75, 3.05) is 12.4 Å². The van der Waals surface area contributed by atoms with Gasteiger partial charge in [-0.1, -0.05) is 6.92 Å². The quantitative estimate of drug-likeness (QED) is 0.859. The summed E-state index contributed by atoms with van der Waals surface area (Å²) in [5, 5.41) is 3.28. The Balaban J connectivity index is 2.90. The van der Waals surface area contributed by atoms with Gasteiger partial charge in [0.25, 0.3) is 0 Å². The second-order valence-corrected chi connectivity index (χ2v) is 4.12. The summed E-state index contributed by atoms with van der Waals surface area (Å²) in [6, 6.07) is 0.212. The van der Waals surface area contributed by atoms with Crippen LogP contribution < -0.4 is 10.1 Å². The fourth-order valence-electron chi connectivity index (χ4n) is 0.870. The minimum atomic E-state index is -0.0876. The average Bonchev–Trinajstić information content (AvgIpc) is 2.16. The zero-order valence-electron chi connectivity index (χ0n) is 9.33. The lowest BCUT2D eigenvalue weighted by molar-refractivity contribution is 0.378. The third-order valence-corrected chi connectivity index (χ3v) is 2.27. The lowest BCUT2D eigenvalue weighted by atomic mass is 10.0. The number of hydrogen-bond acceptors (Lipinski definition) is 5. The van der Waals surface area contributed by atoms with Gasteiger partial charge in [-0.3, -0.25) is 0 Å². The first kappa shape index (κ1) is 12.0. The van der Waals surface area contributed by atoms with Crippen LogP contribution in [0.5, 0.6) is 6.01 Å². The van der Waals surface area contributed by atoms with Crippen LogP contribution in [0.3, 0.4) is 0 Å². The summed E-state index contributed by atoms with van der Waals surface area (Å²) in [6.07, 6.45) is 0.943. The zero-order valence-corrected chi connectivity index (χ0v) is 10.1. The topological polar surface area (TPSA) is 59.9 Å². The first-order valence-electron chi connectivity index (χ1n) is 4.70. The number of nitrogens with zero attached hydrogens (tertiary/aromatic N) is 3. The van der Waals surface area contributed by atoms with Gasteiger partial charge in [-0.15, -0.1) is 0 Å². The Kier molecular flexibility index (Phi) is 3.68. The van der Waals surface area contributed by atoms with Crippen molar-refractivity contribution in [1.82, 2.24) is 15.0 Å². The third-order valence-electron chi connectivity index (χ3n) is 2.10. The Hall–Kier alpha value is -1.10. The summed E-state index contributed by atoms with van der Waals surface area (Å²) in [5.41, 5.74) is -0.0876. The van der Waals surface area contributed by atoms with Crippen LogP contribution in [-0.4, -0.2) is 27.6 Å². The Morgan fingerprint density at radius 2 is 2.00 bits per heavy atom. The lowest BCUT2D eigenvalue weighted by Gasteiger charge is -2.24. The van der Waals surface area contributed by atoms with E-state index in [0.29, 0.717) is 5.95 Å². The molecule has 0 aromatic carbocycles. The van der Waals surface area contributed by atoms with E-state index in [-0.39, 0.29) is 16.8 Å². The summed E-state index contributed by atoms with van der Waals surface area (Å²) in [6.45, 7) is 6.18. The maximum absolute atomic E-state index is 5.72. The summed E-state index contributed by atoms with van der Waals surface area (Å²) in [7, 11) is 1.49. The molecule has 0 radical (unpaired) electrons. The Bertz CT molecular complexity index is 343. The second kappa shape index (κ2) is 4.61. The highest BCUT2D eigenvalue weighted by Gasteiger charge is 2.17. The molecule has 0 aliphatic rings. The van der Waals surface area contributed by atoms with Gasteiger partial charge in [-0.05, 0) is 31.9 Å². The molecule has 0 unspecified atom stereocenters. The average molecular weight is 231 g/mol.